The Morgan fingerprint density at radius 2 is 1.77 bits per heavy atom. The normalized spacial score (nSPS) is 11.3. The van der Waals surface area contributed by atoms with Crippen molar-refractivity contribution in [3.8, 4) is 17.1 Å². The van der Waals surface area contributed by atoms with Crippen LogP contribution in [0.4, 0.5) is 24.7 Å². The van der Waals surface area contributed by atoms with Crippen molar-refractivity contribution in [2.75, 3.05) is 12.4 Å². The zero-order valence-electron chi connectivity index (χ0n) is 13.5. The van der Waals surface area contributed by atoms with Crippen molar-refractivity contribution in [3.63, 3.8) is 0 Å². The zero-order valence-corrected chi connectivity index (χ0v) is 14.3. The summed E-state index contributed by atoms with van der Waals surface area (Å²) < 4.78 is 43.9. The Hall–Kier alpha value is -2.80. The van der Waals surface area contributed by atoms with Crippen molar-refractivity contribution in [1.82, 2.24) is 9.97 Å². The van der Waals surface area contributed by atoms with Crippen LogP contribution in [0.3, 0.4) is 0 Å². The van der Waals surface area contributed by atoms with Gasteiger partial charge in [0.1, 0.15) is 16.7 Å². The molecule has 1 N–H and O–H groups in total. The first-order valence-electron chi connectivity index (χ1n) is 7.48. The average Bonchev–Trinajstić information content (AvgIpc) is 2.61. The van der Waals surface area contributed by atoms with E-state index in [1.807, 2.05) is 0 Å². The maximum Gasteiger partial charge on any atom is 0.416 e. The molecule has 2 aromatic carbocycles. The molecule has 134 valence electrons. The smallest absolute Gasteiger partial charge is 0.416 e. The van der Waals surface area contributed by atoms with E-state index in [1.165, 1.54) is 18.2 Å². The first-order chi connectivity index (χ1) is 12.3. The van der Waals surface area contributed by atoms with Crippen molar-refractivity contribution < 1.29 is 17.9 Å². The molecule has 26 heavy (non-hydrogen) atoms. The molecule has 0 amide bonds. The van der Waals surface area contributed by atoms with Crippen molar-refractivity contribution in [3.05, 3.63) is 65.3 Å². The molecule has 0 aliphatic heterocycles. The van der Waals surface area contributed by atoms with E-state index < -0.39 is 11.7 Å². The number of ether oxygens (including phenoxy) is 1. The molecule has 0 radical (unpaired) electrons. The fourth-order valence-corrected chi connectivity index (χ4v) is 2.48. The summed E-state index contributed by atoms with van der Waals surface area (Å²) in [6.07, 6.45) is -4.45. The number of hydrogen-bond acceptors (Lipinski definition) is 4. The summed E-state index contributed by atoms with van der Waals surface area (Å²) in [7, 11) is 1.55. The average molecular weight is 380 g/mol. The number of rotatable bonds is 4. The number of anilines is 2. The Balaban J connectivity index is 1.95. The van der Waals surface area contributed by atoms with Crippen LogP contribution in [-0.2, 0) is 6.18 Å². The van der Waals surface area contributed by atoms with Gasteiger partial charge in [-0.3, -0.25) is 0 Å². The number of hydrogen-bond donors (Lipinski definition) is 1. The highest BCUT2D eigenvalue weighted by atomic mass is 35.5. The molecule has 0 fully saturated rings. The Bertz CT molecular complexity index is 932. The highest BCUT2D eigenvalue weighted by Crippen LogP contribution is 2.32. The molecule has 0 spiro atoms. The maximum atomic E-state index is 12.9. The lowest BCUT2D eigenvalue weighted by atomic mass is 10.1. The van der Waals surface area contributed by atoms with Gasteiger partial charge >= 0.3 is 6.18 Å². The van der Waals surface area contributed by atoms with E-state index in [2.05, 4.69) is 15.3 Å². The van der Waals surface area contributed by atoms with Gasteiger partial charge in [-0.05, 0) is 24.3 Å². The summed E-state index contributed by atoms with van der Waals surface area (Å²) in [5.74, 6) is 1.09. The van der Waals surface area contributed by atoms with Crippen LogP contribution in [0.25, 0.3) is 11.4 Å². The van der Waals surface area contributed by atoms with E-state index in [0.717, 1.165) is 12.1 Å². The zero-order chi connectivity index (χ0) is 18.7. The number of aromatic nitrogens is 2. The summed E-state index contributed by atoms with van der Waals surface area (Å²) in [6, 6.07) is 13.4. The third kappa shape index (κ3) is 4.23. The standard InChI is InChI=1S/C18H13ClF3N3O/c1-26-14-7-3-6-13(9-14)23-16-10-15(19)24-17(25-16)11-4-2-5-12(8-11)18(20,21)22/h2-10H,1H3,(H,23,24,25). The van der Waals surface area contributed by atoms with E-state index in [9.17, 15) is 13.2 Å². The van der Waals surface area contributed by atoms with Crippen LogP contribution in [0.2, 0.25) is 5.15 Å². The summed E-state index contributed by atoms with van der Waals surface area (Å²) in [4.78, 5) is 8.29. The summed E-state index contributed by atoms with van der Waals surface area (Å²) >= 11 is 6.02. The number of alkyl halides is 3. The van der Waals surface area contributed by atoms with E-state index in [1.54, 1.807) is 31.4 Å². The molecule has 0 saturated heterocycles. The van der Waals surface area contributed by atoms with Crippen LogP contribution in [0.15, 0.2) is 54.6 Å². The van der Waals surface area contributed by atoms with E-state index in [0.29, 0.717) is 17.3 Å². The molecule has 0 aliphatic rings. The van der Waals surface area contributed by atoms with Gasteiger partial charge in [0.25, 0.3) is 0 Å². The summed E-state index contributed by atoms with van der Waals surface area (Å²) in [5, 5.41) is 3.15. The van der Waals surface area contributed by atoms with Gasteiger partial charge < -0.3 is 10.1 Å². The quantitative estimate of drug-likeness (QED) is 0.602. The van der Waals surface area contributed by atoms with Crippen molar-refractivity contribution in [2.24, 2.45) is 0 Å². The third-order valence-corrected chi connectivity index (χ3v) is 3.68. The molecule has 8 heteroatoms. The van der Waals surface area contributed by atoms with Gasteiger partial charge in [0.2, 0.25) is 0 Å². The Morgan fingerprint density at radius 3 is 2.50 bits per heavy atom. The minimum Gasteiger partial charge on any atom is -0.497 e. The second-order valence-corrected chi connectivity index (χ2v) is 5.72. The summed E-state index contributed by atoms with van der Waals surface area (Å²) in [5.41, 5.74) is 0.131. The molecular weight excluding hydrogens is 367 g/mol. The topological polar surface area (TPSA) is 47.0 Å². The van der Waals surface area contributed by atoms with Gasteiger partial charge in [-0.25, -0.2) is 9.97 Å². The molecule has 0 bridgehead atoms. The van der Waals surface area contributed by atoms with E-state index in [4.69, 9.17) is 16.3 Å². The number of methoxy groups -OCH3 is 1. The Morgan fingerprint density at radius 1 is 1.00 bits per heavy atom. The Labute approximate surface area is 152 Å². The lowest BCUT2D eigenvalue weighted by molar-refractivity contribution is -0.137. The predicted octanol–water partition coefficient (Wildman–Crippen LogP) is 5.57. The van der Waals surface area contributed by atoms with E-state index in [-0.39, 0.29) is 16.5 Å². The number of nitrogens with zero attached hydrogens (tertiary/aromatic N) is 2. The van der Waals surface area contributed by atoms with Gasteiger partial charge in [0.05, 0.1) is 12.7 Å². The Kier molecular flexibility index (Phi) is 4.99. The highest BCUT2D eigenvalue weighted by Gasteiger charge is 2.30. The van der Waals surface area contributed by atoms with Crippen LogP contribution in [0.1, 0.15) is 5.56 Å². The largest absolute Gasteiger partial charge is 0.497 e. The van der Waals surface area contributed by atoms with Crippen molar-refractivity contribution >= 4 is 23.1 Å². The molecule has 0 saturated carbocycles. The minimum absolute atomic E-state index is 0.0917. The second-order valence-electron chi connectivity index (χ2n) is 5.34. The van der Waals surface area contributed by atoms with Crippen molar-refractivity contribution in [1.29, 1.82) is 0 Å². The van der Waals surface area contributed by atoms with Crippen LogP contribution in [0.5, 0.6) is 5.75 Å². The molecule has 1 aromatic heterocycles. The molecule has 0 unspecified atom stereocenters. The fourth-order valence-electron chi connectivity index (χ4n) is 2.29. The van der Waals surface area contributed by atoms with Gasteiger partial charge in [-0.15, -0.1) is 0 Å². The van der Waals surface area contributed by atoms with Crippen LogP contribution < -0.4 is 10.1 Å². The van der Waals surface area contributed by atoms with E-state index >= 15 is 0 Å². The summed E-state index contributed by atoms with van der Waals surface area (Å²) in [6.45, 7) is 0. The van der Waals surface area contributed by atoms with Crippen LogP contribution >= 0.6 is 11.6 Å². The minimum atomic E-state index is -4.45. The molecule has 4 nitrogen and oxygen atoms in total. The molecule has 0 atom stereocenters. The molecule has 3 aromatic rings. The monoisotopic (exact) mass is 379 g/mol. The molecule has 0 aliphatic carbocycles. The second kappa shape index (κ2) is 7.21. The van der Waals surface area contributed by atoms with Crippen molar-refractivity contribution in [2.45, 2.75) is 6.18 Å². The first-order valence-corrected chi connectivity index (χ1v) is 7.86. The molecule has 3 rings (SSSR count). The third-order valence-electron chi connectivity index (χ3n) is 3.49. The van der Waals surface area contributed by atoms with Crippen LogP contribution in [-0.4, -0.2) is 17.1 Å². The van der Waals surface area contributed by atoms with Gasteiger partial charge in [0, 0.05) is 23.4 Å². The number of nitrogens with one attached hydrogen (secondary N) is 1. The number of benzene rings is 2. The van der Waals surface area contributed by atoms with Crippen LogP contribution in [0, 0.1) is 0 Å². The highest BCUT2D eigenvalue weighted by molar-refractivity contribution is 6.29. The number of halogens is 4. The van der Waals surface area contributed by atoms with Gasteiger partial charge in [-0.2, -0.15) is 13.2 Å². The van der Waals surface area contributed by atoms with Gasteiger partial charge in [-0.1, -0.05) is 29.8 Å². The first kappa shape index (κ1) is 18.0. The lowest BCUT2D eigenvalue weighted by Crippen LogP contribution is -2.05. The predicted molar refractivity (Wildman–Crippen MR) is 93.8 cm³/mol. The lowest BCUT2D eigenvalue weighted by Gasteiger charge is -2.11. The van der Waals surface area contributed by atoms with Gasteiger partial charge in [0.15, 0.2) is 5.82 Å². The molecular formula is C18H13ClF3N3O. The SMILES string of the molecule is COc1cccc(Nc2cc(Cl)nc(-c3cccc(C(F)(F)F)c3)n2)c1. The maximum absolute atomic E-state index is 12.9. The fraction of sp³-hybridized carbons (Fsp3) is 0.111. The molecule has 1 heterocycles.